The molecule has 0 unspecified atom stereocenters. The van der Waals surface area contributed by atoms with Gasteiger partial charge in [0.05, 0.1) is 0 Å². The maximum absolute atomic E-state index is 10.9. The number of aliphatic imine (C=N–C) groups is 1. The summed E-state index contributed by atoms with van der Waals surface area (Å²) in [7, 11) is 0. The van der Waals surface area contributed by atoms with Crippen LogP contribution < -0.4 is 0 Å². The first kappa shape index (κ1) is 15.0. The van der Waals surface area contributed by atoms with E-state index in [1.165, 1.54) is 6.92 Å². The summed E-state index contributed by atoms with van der Waals surface area (Å²) in [4.78, 5) is 15.2. The van der Waals surface area contributed by atoms with Crippen molar-refractivity contribution in [3.8, 4) is 0 Å². The minimum absolute atomic E-state index is 0.152. The van der Waals surface area contributed by atoms with Gasteiger partial charge in [-0.2, -0.15) is 0 Å². The predicted molar refractivity (Wildman–Crippen MR) is 75.2 cm³/mol. The first-order valence-electron chi connectivity index (χ1n) is 7.01. The summed E-state index contributed by atoms with van der Waals surface area (Å²) in [5.74, 6) is -0.129. The molecule has 2 heterocycles. The van der Waals surface area contributed by atoms with Gasteiger partial charge in [0.15, 0.2) is 0 Å². The van der Waals surface area contributed by atoms with Gasteiger partial charge in [-0.3, -0.25) is 4.79 Å². The van der Waals surface area contributed by atoms with Crippen molar-refractivity contribution in [2.24, 2.45) is 4.99 Å². The Hall–Kier alpha value is -1.96. The molecule has 0 saturated carbocycles. The third-order valence-electron chi connectivity index (χ3n) is 3.63. The Kier molecular flexibility index (Phi) is 4.10. The molecular formula is C15H17NO6. The number of carbonyl (C=O) groups is 1. The highest BCUT2D eigenvalue weighted by Crippen LogP contribution is 2.30. The SMILES string of the molecule is CC(=O)OC[C@H]1O[C@@H]2OC(c3ccccc3)=N[C@@H]2[C@@H](O)[C@@H]1O. The van der Waals surface area contributed by atoms with Gasteiger partial charge in [-0.05, 0) is 12.1 Å². The molecular weight excluding hydrogens is 290 g/mol. The molecule has 1 aromatic rings. The molecule has 0 aromatic heterocycles. The largest absolute Gasteiger partial charge is 0.463 e. The van der Waals surface area contributed by atoms with Crippen LogP contribution in [0.1, 0.15) is 12.5 Å². The van der Waals surface area contributed by atoms with Crippen molar-refractivity contribution >= 4 is 11.9 Å². The van der Waals surface area contributed by atoms with E-state index in [0.29, 0.717) is 5.90 Å². The van der Waals surface area contributed by atoms with Gasteiger partial charge in [0.1, 0.15) is 31.0 Å². The number of benzene rings is 1. The Bertz CT molecular complexity index is 575. The standard InChI is InChI=1S/C15H17NO6/c1-8(17)20-7-10-12(18)13(19)11-15(21-10)22-14(16-11)9-5-3-2-4-6-9/h2-6,10-13,15,18-19H,7H2,1H3/t10-,11-,12-,13-,15-/m1/s1. The summed E-state index contributed by atoms with van der Waals surface area (Å²) in [5.41, 5.74) is 0.763. The van der Waals surface area contributed by atoms with E-state index in [1.54, 1.807) is 0 Å². The van der Waals surface area contributed by atoms with Gasteiger partial charge in [-0.1, -0.05) is 18.2 Å². The highest BCUT2D eigenvalue weighted by Gasteiger charge is 2.49. The van der Waals surface area contributed by atoms with E-state index in [4.69, 9.17) is 14.2 Å². The van der Waals surface area contributed by atoms with E-state index in [2.05, 4.69) is 4.99 Å². The predicted octanol–water partition coefficient (Wildman–Crippen LogP) is -0.158. The number of hydrogen-bond donors (Lipinski definition) is 2. The minimum atomic E-state index is -1.21. The Labute approximate surface area is 127 Å². The maximum Gasteiger partial charge on any atom is 0.302 e. The molecule has 1 fully saturated rings. The first-order chi connectivity index (χ1) is 10.6. The van der Waals surface area contributed by atoms with Crippen LogP contribution in [0.15, 0.2) is 35.3 Å². The Balaban J connectivity index is 1.73. The average molecular weight is 307 g/mol. The molecule has 5 atom stereocenters. The topological polar surface area (TPSA) is 97.6 Å². The number of fused-ring (bicyclic) bond motifs is 1. The van der Waals surface area contributed by atoms with Crippen LogP contribution in [0.5, 0.6) is 0 Å². The second-order valence-electron chi connectivity index (χ2n) is 5.24. The molecule has 0 bridgehead atoms. The molecule has 1 saturated heterocycles. The van der Waals surface area contributed by atoms with Crippen LogP contribution in [0.4, 0.5) is 0 Å². The number of carbonyl (C=O) groups excluding carboxylic acids is 1. The number of aliphatic hydroxyl groups excluding tert-OH is 2. The molecule has 7 heteroatoms. The molecule has 0 spiro atoms. The highest BCUT2D eigenvalue weighted by atomic mass is 16.7. The Morgan fingerprint density at radius 3 is 2.68 bits per heavy atom. The van der Waals surface area contributed by atoms with Crippen molar-refractivity contribution in [1.29, 1.82) is 0 Å². The number of esters is 1. The Morgan fingerprint density at radius 2 is 2.00 bits per heavy atom. The van der Waals surface area contributed by atoms with Gasteiger partial charge in [0.25, 0.3) is 0 Å². The van der Waals surface area contributed by atoms with E-state index in [0.717, 1.165) is 5.56 Å². The van der Waals surface area contributed by atoms with Crippen molar-refractivity contribution in [2.45, 2.75) is 37.6 Å². The molecule has 0 amide bonds. The third-order valence-corrected chi connectivity index (χ3v) is 3.63. The minimum Gasteiger partial charge on any atom is -0.463 e. The van der Waals surface area contributed by atoms with Crippen LogP contribution in [-0.4, -0.2) is 59.3 Å². The molecule has 3 rings (SSSR count). The average Bonchev–Trinajstić information content (AvgIpc) is 2.94. The van der Waals surface area contributed by atoms with Crippen LogP contribution in [0.25, 0.3) is 0 Å². The molecule has 2 aliphatic heterocycles. The van der Waals surface area contributed by atoms with E-state index < -0.39 is 36.6 Å². The molecule has 2 N–H and O–H groups in total. The lowest BCUT2D eigenvalue weighted by Gasteiger charge is -2.37. The van der Waals surface area contributed by atoms with Crippen LogP contribution in [0, 0.1) is 0 Å². The number of nitrogens with zero attached hydrogens (tertiary/aromatic N) is 1. The third kappa shape index (κ3) is 2.83. The van der Waals surface area contributed by atoms with E-state index in [-0.39, 0.29) is 6.61 Å². The van der Waals surface area contributed by atoms with Gasteiger partial charge in [0, 0.05) is 12.5 Å². The first-order valence-corrected chi connectivity index (χ1v) is 7.01. The van der Waals surface area contributed by atoms with Crippen LogP contribution in [0.2, 0.25) is 0 Å². The zero-order chi connectivity index (χ0) is 15.7. The van der Waals surface area contributed by atoms with Crippen LogP contribution in [0.3, 0.4) is 0 Å². The lowest BCUT2D eigenvalue weighted by molar-refractivity contribution is -0.236. The zero-order valence-corrected chi connectivity index (χ0v) is 12.0. The fourth-order valence-electron chi connectivity index (χ4n) is 2.49. The second-order valence-corrected chi connectivity index (χ2v) is 5.24. The lowest BCUT2D eigenvalue weighted by atomic mass is 9.98. The quantitative estimate of drug-likeness (QED) is 0.753. The van der Waals surface area contributed by atoms with Gasteiger partial charge in [-0.25, -0.2) is 4.99 Å². The summed E-state index contributed by atoms with van der Waals surface area (Å²) in [6, 6.07) is 8.51. The lowest BCUT2D eigenvalue weighted by Crippen LogP contribution is -2.57. The molecule has 0 aliphatic carbocycles. The number of aliphatic hydroxyl groups is 2. The normalized spacial score (nSPS) is 33.6. The van der Waals surface area contributed by atoms with Crippen molar-refractivity contribution in [2.75, 3.05) is 6.61 Å². The molecule has 118 valence electrons. The van der Waals surface area contributed by atoms with Crippen LogP contribution in [-0.2, 0) is 19.0 Å². The molecule has 7 nitrogen and oxygen atoms in total. The Morgan fingerprint density at radius 1 is 1.27 bits per heavy atom. The van der Waals surface area contributed by atoms with Crippen molar-refractivity contribution < 1.29 is 29.2 Å². The monoisotopic (exact) mass is 307 g/mol. The zero-order valence-electron chi connectivity index (χ0n) is 12.0. The van der Waals surface area contributed by atoms with Crippen molar-refractivity contribution in [1.82, 2.24) is 0 Å². The smallest absolute Gasteiger partial charge is 0.302 e. The van der Waals surface area contributed by atoms with Crippen molar-refractivity contribution in [3.05, 3.63) is 35.9 Å². The van der Waals surface area contributed by atoms with E-state index >= 15 is 0 Å². The van der Waals surface area contributed by atoms with Gasteiger partial charge in [-0.15, -0.1) is 0 Å². The summed E-state index contributed by atoms with van der Waals surface area (Å²) < 4.78 is 16.0. The maximum atomic E-state index is 10.9. The number of ether oxygens (including phenoxy) is 3. The molecule has 0 radical (unpaired) electrons. The summed E-state index contributed by atoms with van der Waals surface area (Å²) >= 11 is 0. The molecule has 2 aliphatic rings. The second kappa shape index (κ2) is 6.04. The highest BCUT2D eigenvalue weighted by molar-refractivity contribution is 5.95. The van der Waals surface area contributed by atoms with Gasteiger partial charge >= 0.3 is 5.97 Å². The van der Waals surface area contributed by atoms with Gasteiger partial charge < -0.3 is 24.4 Å². The van der Waals surface area contributed by atoms with Crippen LogP contribution >= 0.6 is 0 Å². The summed E-state index contributed by atoms with van der Waals surface area (Å²) in [5, 5.41) is 20.3. The van der Waals surface area contributed by atoms with E-state index in [1.807, 2.05) is 30.3 Å². The number of rotatable bonds is 3. The van der Waals surface area contributed by atoms with Gasteiger partial charge in [0.2, 0.25) is 12.2 Å². The number of hydrogen-bond acceptors (Lipinski definition) is 7. The molecule has 22 heavy (non-hydrogen) atoms. The molecule has 1 aromatic carbocycles. The van der Waals surface area contributed by atoms with Crippen molar-refractivity contribution in [3.63, 3.8) is 0 Å². The summed E-state index contributed by atoms with van der Waals surface area (Å²) in [6.45, 7) is 1.11. The fraction of sp³-hybridized carbons (Fsp3) is 0.467. The summed E-state index contributed by atoms with van der Waals surface area (Å²) in [6.07, 6.45) is -4.02. The van der Waals surface area contributed by atoms with E-state index in [9.17, 15) is 15.0 Å². The fourth-order valence-corrected chi connectivity index (χ4v) is 2.49.